The average molecular weight is 538 g/mol. The first kappa shape index (κ1) is 28.7. The normalized spacial score (nSPS) is 24.3. The highest BCUT2D eigenvalue weighted by atomic mass is 19.4. The van der Waals surface area contributed by atoms with Gasteiger partial charge >= 0.3 is 6.36 Å². The highest BCUT2D eigenvalue weighted by Crippen LogP contribution is 2.43. The Bertz CT molecular complexity index is 1000. The van der Waals surface area contributed by atoms with Crippen LogP contribution in [-0.2, 0) is 6.42 Å². The molecule has 0 amide bonds. The predicted molar refractivity (Wildman–Crippen MR) is 137 cm³/mol. The standard InChI is InChI=1S/C31H38F5O2/c1-2-3-4-21-5-10-23(11-6-21)24-12-7-22(8-13-24)9-18-27-28(32)19-20-29(30(27)33)37-25-14-16-26(17-15-25)38-31(34,35)36/h14-17,19,21-24H,2-13,18H2,1H3/t21-,22?,23-,24?. The summed E-state index contributed by atoms with van der Waals surface area (Å²) in [5, 5.41) is 0. The zero-order chi connectivity index (χ0) is 27.1. The molecule has 2 nitrogen and oxygen atoms in total. The number of alkyl halides is 3. The molecular formula is C31H38F5O2. The van der Waals surface area contributed by atoms with Crippen LogP contribution in [0, 0.1) is 41.4 Å². The van der Waals surface area contributed by atoms with Gasteiger partial charge in [-0.05, 0) is 92.5 Å². The summed E-state index contributed by atoms with van der Waals surface area (Å²) >= 11 is 0. The van der Waals surface area contributed by atoms with Crippen molar-refractivity contribution in [3.8, 4) is 17.2 Å². The molecule has 0 N–H and O–H groups in total. The lowest BCUT2D eigenvalue weighted by molar-refractivity contribution is -0.274. The van der Waals surface area contributed by atoms with Gasteiger partial charge in [-0.3, -0.25) is 0 Å². The fourth-order valence-corrected chi connectivity index (χ4v) is 6.39. The van der Waals surface area contributed by atoms with Crippen LogP contribution in [0.2, 0.25) is 0 Å². The number of hydrogen-bond donors (Lipinski definition) is 0. The number of benzene rings is 2. The molecule has 209 valence electrons. The predicted octanol–water partition coefficient (Wildman–Crippen LogP) is 10.2. The lowest BCUT2D eigenvalue weighted by Crippen LogP contribution is -2.26. The smallest absolute Gasteiger partial charge is 0.454 e. The van der Waals surface area contributed by atoms with E-state index < -0.39 is 23.7 Å². The van der Waals surface area contributed by atoms with Crippen molar-refractivity contribution in [1.29, 1.82) is 0 Å². The summed E-state index contributed by atoms with van der Waals surface area (Å²) in [4.78, 5) is 0. The molecule has 2 aromatic carbocycles. The lowest BCUT2D eigenvalue weighted by atomic mass is 9.68. The van der Waals surface area contributed by atoms with Gasteiger partial charge in [-0.25, -0.2) is 8.78 Å². The number of halogens is 5. The second kappa shape index (κ2) is 13.2. The molecule has 2 saturated carbocycles. The van der Waals surface area contributed by atoms with Gasteiger partial charge in [0.1, 0.15) is 17.3 Å². The van der Waals surface area contributed by atoms with Gasteiger partial charge < -0.3 is 9.47 Å². The Hall–Kier alpha value is -2.31. The number of hydrogen-bond acceptors (Lipinski definition) is 2. The SMILES string of the molecule is CCCC[C@H]1CC[C@H](C2CCC(CCc3c(F)c[c]c(Oc4ccc(OC(F)(F)F)cc4)c3F)CC2)CC1. The summed E-state index contributed by atoms with van der Waals surface area (Å²) in [7, 11) is 0. The van der Waals surface area contributed by atoms with Crippen molar-refractivity contribution in [2.75, 3.05) is 0 Å². The lowest BCUT2D eigenvalue weighted by Gasteiger charge is -2.38. The maximum absolute atomic E-state index is 15.1. The van der Waals surface area contributed by atoms with E-state index in [0.29, 0.717) is 5.92 Å². The van der Waals surface area contributed by atoms with E-state index in [-0.39, 0.29) is 23.5 Å². The van der Waals surface area contributed by atoms with Gasteiger partial charge in [0, 0.05) is 11.6 Å². The van der Waals surface area contributed by atoms with Crippen LogP contribution in [0.25, 0.3) is 0 Å². The minimum Gasteiger partial charge on any atom is -0.454 e. The zero-order valence-electron chi connectivity index (χ0n) is 22.1. The first-order valence-corrected chi connectivity index (χ1v) is 14.1. The highest BCUT2D eigenvalue weighted by molar-refractivity contribution is 5.38. The van der Waals surface area contributed by atoms with Crippen LogP contribution in [-0.4, -0.2) is 6.36 Å². The summed E-state index contributed by atoms with van der Waals surface area (Å²) in [6.07, 6.45) is 10.3. The third-order valence-electron chi connectivity index (χ3n) is 8.58. The maximum atomic E-state index is 15.1. The van der Waals surface area contributed by atoms with E-state index in [1.807, 2.05) is 0 Å². The third kappa shape index (κ3) is 8.09. The fraction of sp³-hybridized carbons (Fsp3) is 0.613. The summed E-state index contributed by atoms with van der Waals surface area (Å²) in [6, 6.07) is 8.11. The third-order valence-corrected chi connectivity index (χ3v) is 8.58. The zero-order valence-corrected chi connectivity index (χ0v) is 22.1. The molecule has 4 rings (SSSR count). The molecule has 0 saturated heterocycles. The fourth-order valence-electron chi connectivity index (χ4n) is 6.39. The van der Waals surface area contributed by atoms with E-state index in [2.05, 4.69) is 17.7 Å². The summed E-state index contributed by atoms with van der Waals surface area (Å²) in [6.45, 7) is 2.26. The van der Waals surface area contributed by atoms with Crippen molar-refractivity contribution in [2.24, 2.45) is 23.7 Å². The van der Waals surface area contributed by atoms with Crippen molar-refractivity contribution in [1.82, 2.24) is 0 Å². The van der Waals surface area contributed by atoms with Gasteiger partial charge in [-0.15, -0.1) is 13.2 Å². The number of ether oxygens (including phenoxy) is 2. The van der Waals surface area contributed by atoms with Crippen LogP contribution in [0.5, 0.6) is 17.2 Å². The molecule has 2 fully saturated rings. The molecular weight excluding hydrogens is 499 g/mol. The second-order valence-electron chi connectivity index (χ2n) is 11.1. The molecule has 0 unspecified atom stereocenters. The van der Waals surface area contributed by atoms with E-state index in [1.165, 1.54) is 69.9 Å². The van der Waals surface area contributed by atoms with E-state index in [0.717, 1.165) is 55.2 Å². The summed E-state index contributed by atoms with van der Waals surface area (Å²) in [5.41, 5.74) is -0.0247. The van der Waals surface area contributed by atoms with Crippen LogP contribution in [0.4, 0.5) is 22.0 Å². The molecule has 2 aliphatic rings. The van der Waals surface area contributed by atoms with Crippen LogP contribution in [0.1, 0.15) is 89.5 Å². The highest BCUT2D eigenvalue weighted by Gasteiger charge is 2.32. The maximum Gasteiger partial charge on any atom is 0.573 e. The van der Waals surface area contributed by atoms with Crippen molar-refractivity contribution < 1.29 is 31.4 Å². The molecule has 2 aliphatic carbocycles. The van der Waals surface area contributed by atoms with E-state index in [1.54, 1.807) is 0 Å². The minimum atomic E-state index is -4.80. The largest absolute Gasteiger partial charge is 0.573 e. The first-order chi connectivity index (χ1) is 18.2. The molecule has 0 aromatic heterocycles. The van der Waals surface area contributed by atoms with Crippen molar-refractivity contribution in [3.05, 3.63) is 53.6 Å². The molecule has 2 aromatic rings. The Balaban J connectivity index is 1.26. The Morgan fingerprint density at radius 1 is 0.816 bits per heavy atom. The van der Waals surface area contributed by atoms with Crippen LogP contribution >= 0.6 is 0 Å². The molecule has 0 aliphatic heterocycles. The van der Waals surface area contributed by atoms with Crippen LogP contribution < -0.4 is 9.47 Å². The summed E-state index contributed by atoms with van der Waals surface area (Å²) < 4.78 is 75.9. The van der Waals surface area contributed by atoms with Crippen molar-refractivity contribution in [2.45, 2.75) is 96.8 Å². The molecule has 38 heavy (non-hydrogen) atoms. The van der Waals surface area contributed by atoms with Gasteiger partial charge in [0.2, 0.25) is 0 Å². The van der Waals surface area contributed by atoms with Crippen LogP contribution in [0.15, 0.2) is 30.3 Å². The quantitative estimate of drug-likeness (QED) is 0.281. The topological polar surface area (TPSA) is 18.5 Å². The first-order valence-electron chi connectivity index (χ1n) is 14.1. The van der Waals surface area contributed by atoms with Crippen molar-refractivity contribution in [3.63, 3.8) is 0 Å². The number of rotatable bonds is 10. The Morgan fingerprint density at radius 3 is 1.92 bits per heavy atom. The Kier molecular flexibility index (Phi) is 9.94. The molecule has 0 spiro atoms. The molecule has 0 atom stereocenters. The van der Waals surface area contributed by atoms with Gasteiger partial charge in [-0.2, -0.15) is 0 Å². The van der Waals surface area contributed by atoms with Gasteiger partial charge in [0.05, 0.1) is 0 Å². The Labute approximate surface area is 222 Å². The molecule has 1 radical (unpaired) electrons. The van der Waals surface area contributed by atoms with Crippen LogP contribution in [0.3, 0.4) is 0 Å². The average Bonchev–Trinajstić information content (AvgIpc) is 2.90. The summed E-state index contributed by atoms with van der Waals surface area (Å²) in [5.74, 6) is 0.977. The molecule has 0 bridgehead atoms. The van der Waals surface area contributed by atoms with Gasteiger partial charge in [-0.1, -0.05) is 51.9 Å². The monoisotopic (exact) mass is 537 g/mol. The van der Waals surface area contributed by atoms with Crippen molar-refractivity contribution >= 4 is 0 Å². The van der Waals surface area contributed by atoms with E-state index in [9.17, 15) is 17.6 Å². The van der Waals surface area contributed by atoms with E-state index >= 15 is 4.39 Å². The van der Waals surface area contributed by atoms with Gasteiger partial charge in [0.15, 0.2) is 11.6 Å². The molecule has 0 heterocycles. The Morgan fingerprint density at radius 2 is 1.37 bits per heavy atom. The number of unbranched alkanes of at least 4 members (excludes halogenated alkanes) is 1. The minimum absolute atomic E-state index is 0.0247. The van der Waals surface area contributed by atoms with E-state index in [4.69, 9.17) is 4.74 Å². The molecule has 7 heteroatoms. The van der Waals surface area contributed by atoms with Gasteiger partial charge in [0.25, 0.3) is 0 Å². The second-order valence-corrected chi connectivity index (χ2v) is 11.1.